The molecule has 0 fully saturated rings. The first-order chi connectivity index (χ1) is 6.09. The number of hydrogen-bond donors (Lipinski definition) is 2. The molecule has 1 aromatic rings. The molecule has 1 atom stereocenters. The van der Waals surface area contributed by atoms with Gasteiger partial charge in [0.1, 0.15) is 0 Å². The van der Waals surface area contributed by atoms with Gasteiger partial charge >= 0.3 is 5.97 Å². The summed E-state index contributed by atoms with van der Waals surface area (Å²) in [6.45, 7) is 2.01. The second-order valence-electron chi connectivity index (χ2n) is 2.99. The van der Waals surface area contributed by atoms with Gasteiger partial charge in [-0.3, -0.25) is 4.79 Å². The van der Waals surface area contributed by atoms with Crippen LogP contribution >= 0.6 is 11.3 Å². The van der Waals surface area contributed by atoms with Crippen LogP contribution in [0.3, 0.4) is 0 Å². The van der Waals surface area contributed by atoms with E-state index in [1.807, 2.05) is 19.1 Å². The number of thiophene rings is 1. The van der Waals surface area contributed by atoms with Crippen LogP contribution in [0.15, 0.2) is 12.1 Å². The van der Waals surface area contributed by atoms with Gasteiger partial charge in [0.15, 0.2) is 0 Å². The highest BCUT2D eigenvalue weighted by Gasteiger charge is 2.09. The number of aryl methyl sites for hydroxylation is 1. The van der Waals surface area contributed by atoms with Gasteiger partial charge in [-0.1, -0.05) is 0 Å². The lowest BCUT2D eigenvalue weighted by atomic mass is 10.1. The Kier molecular flexibility index (Phi) is 3.45. The van der Waals surface area contributed by atoms with Gasteiger partial charge in [0.2, 0.25) is 0 Å². The fraction of sp³-hybridized carbons (Fsp3) is 0.444. The minimum atomic E-state index is -0.788. The number of aliphatic carboxylic acids is 1. The highest BCUT2D eigenvalue weighted by molar-refractivity contribution is 7.12. The highest BCUT2D eigenvalue weighted by Crippen LogP contribution is 2.23. The lowest BCUT2D eigenvalue weighted by Gasteiger charge is -2.06. The van der Waals surface area contributed by atoms with Crippen LogP contribution < -0.4 is 5.73 Å². The van der Waals surface area contributed by atoms with Crippen molar-refractivity contribution < 1.29 is 9.90 Å². The second-order valence-corrected chi connectivity index (χ2v) is 4.31. The van der Waals surface area contributed by atoms with Crippen molar-refractivity contribution in [2.45, 2.75) is 25.8 Å². The molecule has 0 saturated heterocycles. The van der Waals surface area contributed by atoms with Crippen molar-refractivity contribution >= 4 is 17.3 Å². The van der Waals surface area contributed by atoms with E-state index in [0.29, 0.717) is 6.42 Å². The third-order valence-corrected chi connectivity index (χ3v) is 2.93. The first kappa shape index (κ1) is 10.2. The van der Waals surface area contributed by atoms with Gasteiger partial charge in [-0.2, -0.15) is 0 Å². The third-order valence-electron chi connectivity index (χ3n) is 1.80. The molecular weight excluding hydrogens is 186 g/mol. The van der Waals surface area contributed by atoms with Gasteiger partial charge in [-0.25, -0.2) is 0 Å². The van der Waals surface area contributed by atoms with Crippen LogP contribution in [-0.4, -0.2) is 11.1 Å². The Hall–Kier alpha value is -0.870. The molecule has 3 N–H and O–H groups in total. The number of nitrogens with two attached hydrogens (primary N) is 1. The fourth-order valence-electron chi connectivity index (χ4n) is 1.07. The maximum atomic E-state index is 10.3. The molecule has 0 aliphatic heterocycles. The minimum Gasteiger partial charge on any atom is -0.481 e. The van der Waals surface area contributed by atoms with Crippen molar-refractivity contribution in [2.75, 3.05) is 0 Å². The Morgan fingerprint density at radius 1 is 1.69 bits per heavy atom. The van der Waals surface area contributed by atoms with Crippen molar-refractivity contribution in [3.05, 3.63) is 21.9 Å². The molecule has 13 heavy (non-hydrogen) atoms. The maximum Gasteiger partial charge on any atom is 0.303 e. The van der Waals surface area contributed by atoms with Gasteiger partial charge in [-0.05, 0) is 25.5 Å². The van der Waals surface area contributed by atoms with E-state index in [2.05, 4.69) is 0 Å². The summed E-state index contributed by atoms with van der Waals surface area (Å²) in [5, 5.41) is 8.46. The molecule has 0 amide bonds. The second kappa shape index (κ2) is 4.39. The number of carboxylic acids is 1. The number of carboxylic acid groups (broad SMARTS) is 1. The Morgan fingerprint density at radius 3 is 2.85 bits per heavy atom. The zero-order chi connectivity index (χ0) is 9.84. The molecule has 0 saturated carbocycles. The molecule has 0 spiro atoms. The predicted molar refractivity (Wildman–Crippen MR) is 52.9 cm³/mol. The van der Waals surface area contributed by atoms with Crippen LogP contribution in [0.5, 0.6) is 0 Å². The summed E-state index contributed by atoms with van der Waals surface area (Å²) >= 11 is 1.63. The molecule has 0 aliphatic carbocycles. The van der Waals surface area contributed by atoms with E-state index in [0.717, 1.165) is 4.88 Å². The maximum absolute atomic E-state index is 10.3. The summed E-state index contributed by atoms with van der Waals surface area (Å²) in [6, 6.07) is 3.84. The minimum absolute atomic E-state index is 0.130. The molecule has 0 aliphatic rings. The van der Waals surface area contributed by atoms with Crippen LogP contribution in [0, 0.1) is 6.92 Å². The van der Waals surface area contributed by atoms with Crippen molar-refractivity contribution in [1.82, 2.24) is 0 Å². The highest BCUT2D eigenvalue weighted by atomic mass is 32.1. The number of rotatable bonds is 4. The Bertz CT molecular complexity index is 296. The third kappa shape index (κ3) is 3.16. The molecule has 1 aromatic heterocycles. The summed E-state index contributed by atoms with van der Waals surface area (Å²) in [5.41, 5.74) is 5.80. The molecule has 1 unspecified atom stereocenters. The predicted octanol–water partition coefficient (Wildman–Crippen LogP) is 1.92. The lowest BCUT2D eigenvalue weighted by Crippen LogP contribution is -2.10. The van der Waals surface area contributed by atoms with Gasteiger partial charge in [0.25, 0.3) is 0 Å². The number of carbonyl (C=O) groups is 1. The van der Waals surface area contributed by atoms with E-state index in [1.165, 1.54) is 4.88 Å². The summed E-state index contributed by atoms with van der Waals surface area (Å²) < 4.78 is 0. The summed E-state index contributed by atoms with van der Waals surface area (Å²) in [5.74, 6) is -0.788. The SMILES string of the molecule is Cc1ccc(C(N)CCC(=O)O)s1. The molecule has 3 nitrogen and oxygen atoms in total. The molecule has 0 bridgehead atoms. The monoisotopic (exact) mass is 199 g/mol. The van der Waals surface area contributed by atoms with E-state index in [9.17, 15) is 4.79 Å². The summed E-state index contributed by atoms with van der Waals surface area (Å²) in [6.07, 6.45) is 0.646. The topological polar surface area (TPSA) is 63.3 Å². The molecule has 1 rings (SSSR count). The van der Waals surface area contributed by atoms with Crippen LogP contribution in [0.4, 0.5) is 0 Å². The average molecular weight is 199 g/mol. The molecule has 0 aromatic carbocycles. The van der Waals surface area contributed by atoms with Gasteiger partial charge < -0.3 is 10.8 Å². The Balaban J connectivity index is 2.48. The van der Waals surface area contributed by atoms with Gasteiger partial charge in [0, 0.05) is 22.2 Å². The Morgan fingerprint density at radius 2 is 2.38 bits per heavy atom. The van der Waals surface area contributed by atoms with E-state index in [-0.39, 0.29) is 12.5 Å². The van der Waals surface area contributed by atoms with Crippen LogP contribution in [0.2, 0.25) is 0 Å². The zero-order valence-electron chi connectivity index (χ0n) is 7.49. The normalized spacial score (nSPS) is 12.8. The fourth-order valence-corrected chi connectivity index (χ4v) is 1.99. The summed E-state index contributed by atoms with van der Waals surface area (Å²) in [4.78, 5) is 12.6. The largest absolute Gasteiger partial charge is 0.481 e. The van der Waals surface area contributed by atoms with E-state index in [1.54, 1.807) is 11.3 Å². The smallest absolute Gasteiger partial charge is 0.303 e. The van der Waals surface area contributed by atoms with Crippen LogP contribution in [0.25, 0.3) is 0 Å². The standard InChI is InChI=1S/C9H13NO2S/c1-6-2-4-8(13-6)7(10)3-5-9(11)12/h2,4,7H,3,5,10H2,1H3,(H,11,12). The zero-order valence-corrected chi connectivity index (χ0v) is 8.30. The molecular formula is C9H13NO2S. The number of hydrogen-bond acceptors (Lipinski definition) is 3. The van der Waals surface area contributed by atoms with Gasteiger partial charge in [0.05, 0.1) is 0 Å². The first-order valence-electron chi connectivity index (χ1n) is 4.13. The lowest BCUT2D eigenvalue weighted by molar-refractivity contribution is -0.137. The average Bonchev–Trinajstić information content (AvgIpc) is 2.47. The quantitative estimate of drug-likeness (QED) is 0.778. The van der Waals surface area contributed by atoms with Crippen LogP contribution in [0.1, 0.15) is 28.6 Å². The van der Waals surface area contributed by atoms with E-state index in [4.69, 9.17) is 10.8 Å². The Labute approximate surface area is 81.2 Å². The molecule has 1 heterocycles. The van der Waals surface area contributed by atoms with Gasteiger partial charge in [-0.15, -0.1) is 11.3 Å². The molecule has 4 heteroatoms. The van der Waals surface area contributed by atoms with E-state index < -0.39 is 5.97 Å². The first-order valence-corrected chi connectivity index (χ1v) is 4.95. The van der Waals surface area contributed by atoms with Crippen molar-refractivity contribution in [3.63, 3.8) is 0 Å². The van der Waals surface area contributed by atoms with Crippen molar-refractivity contribution in [1.29, 1.82) is 0 Å². The molecule has 0 radical (unpaired) electrons. The van der Waals surface area contributed by atoms with Crippen molar-refractivity contribution in [3.8, 4) is 0 Å². The molecule has 72 valence electrons. The van der Waals surface area contributed by atoms with E-state index >= 15 is 0 Å². The van der Waals surface area contributed by atoms with Crippen LogP contribution in [-0.2, 0) is 4.79 Å². The summed E-state index contributed by atoms with van der Waals surface area (Å²) in [7, 11) is 0. The van der Waals surface area contributed by atoms with Crippen molar-refractivity contribution in [2.24, 2.45) is 5.73 Å².